The molecule has 0 saturated heterocycles. The number of hydrogen-bond donors (Lipinski definition) is 1. The number of thiophene rings is 1. The molecule has 2 aromatic heterocycles. The summed E-state index contributed by atoms with van der Waals surface area (Å²) in [5, 5.41) is 1.06. The average molecular weight is 394 g/mol. The number of aromatic nitrogens is 2. The van der Waals surface area contributed by atoms with Gasteiger partial charge in [-0.25, -0.2) is 4.98 Å². The summed E-state index contributed by atoms with van der Waals surface area (Å²) in [6, 6.07) is 0.0358. The van der Waals surface area contributed by atoms with Crippen LogP contribution in [-0.2, 0) is 17.6 Å². The first-order chi connectivity index (χ1) is 12.5. The van der Waals surface area contributed by atoms with Crippen LogP contribution in [0.1, 0.15) is 69.4 Å². The summed E-state index contributed by atoms with van der Waals surface area (Å²) < 4.78 is 1.79. The molecule has 2 atom stereocenters. The first-order valence-electron chi connectivity index (χ1n) is 9.50. The Morgan fingerprint density at radius 2 is 2.00 bits per heavy atom. The van der Waals surface area contributed by atoms with Gasteiger partial charge in [0.25, 0.3) is 5.56 Å². The van der Waals surface area contributed by atoms with Crippen LogP contribution in [0, 0.1) is 0 Å². The van der Waals surface area contributed by atoms with Gasteiger partial charge in [-0.15, -0.1) is 11.3 Å². The highest BCUT2D eigenvalue weighted by Crippen LogP contribution is 2.35. The lowest BCUT2D eigenvalue weighted by Gasteiger charge is -2.19. The molecule has 1 aliphatic rings. The number of thioether (sulfide) groups is 1. The normalized spacial score (nSPS) is 16.9. The maximum absolute atomic E-state index is 13.4. The highest BCUT2D eigenvalue weighted by Gasteiger charge is 2.25. The first kappa shape index (κ1) is 19.4. The molecule has 7 heteroatoms. The van der Waals surface area contributed by atoms with E-state index < -0.39 is 0 Å². The molecule has 26 heavy (non-hydrogen) atoms. The van der Waals surface area contributed by atoms with E-state index in [-0.39, 0.29) is 22.8 Å². The molecule has 0 aliphatic heterocycles. The van der Waals surface area contributed by atoms with E-state index in [1.54, 1.807) is 15.9 Å². The van der Waals surface area contributed by atoms with Crippen LogP contribution >= 0.6 is 23.1 Å². The molecule has 0 aromatic carbocycles. The number of rotatable bonds is 6. The van der Waals surface area contributed by atoms with E-state index in [2.05, 4.69) is 6.92 Å². The van der Waals surface area contributed by atoms with Crippen molar-refractivity contribution in [1.82, 2.24) is 9.55 Å². The van der Waals surface area contributed by atoms with Gasteiger partial charge in [0.15, 0.2) is 5.16 Å². The topological polar surface area (TPSA) is 78.0 Å². The molecule has 0 saturated carbocycles. The Hall–Kier alpha value is -1.34. The van der Waals surface area contributed by atoms with E-state index in [0.29, 0.717) is 11.6 Å². The number of amides is 1. The molecule has 1 amide bonds. The van der Waals surface area contributed by atoms with E-state index in [4.69, 9.17) is 10.7 Å². The largest absolute Gasteiger partial charge is 0.369 e. The number of aryl methyl sites for hydroxylation is 2. The van der Waals surface area contributed by atoms with Crippen molar-refractivity contribution in [3.63, 3.8) is 0 Å². The van der Waals surface area contributed by atoms with E-state index >= 15 is 0 Å². The quantitative estimate of drug-likeness (QED) is 0.456. The van der Waals surface area contributed by atoms with Gasteiger partial charge in [-0.2, -0.15) is 0 Å². The van der Waals surface area contributed by atoms with E-state index in [1.807, 2.05) is 13.8 Å². The Morgan fingerprint density at radius 3 is 2.65 bits per heavy atom. The number of carbonyl (C=O) groups excluding carboxylic acids is 1. The van der Waals surface area contributed by atoms with Gasteiger partial charge >= 0.3 is 0 Å². The highest BCUT2D eigenvalue weighted by molar-refractivity contribution is 8.00. The molecule has 2 aromatic rings. The molecule has 0 spiro atoms. The predicted octanol–water partition coefficient (Wildman–Crippen LogP) is 4.05. The van der Waals surface area contributed by atoms with Gasteiger partial charge < -0.3 is 5.73 Å². The third-order valence-electron chi connectivity index (χ3n) is 5.21. The molecule has 2 heterocycles. The molecule has 3 rings (SSSR count). The first-order valence-corrected chi connectivity index (χ1v) is 11.2. The Balaban J connectivity index is 2.21. The number of carbonyl (C=O) groups is 1. The summed E-state index contributed by atoms with van der Waals surface area (Å²) in [7, 11) is 0. The van der Waals surface area contributed by atoms with E-state index in [9.17, 15) is 9.59 Å². The minimum Gasteiger partial charge on any atom is -0.369 e. The molecular formula is C19H27N3O2S2. The fourth-order valence-corrected chi connectivity index (χ4v) is 5.87. The SMILES string of the molecule is CC[C@@H](C)n1c(S[C@H](CC)C(N)=O)nc2sc3c(c2c1=O)CCCCC3. The monoisotopic (exact) mass is 393 g/mol. The van der Waals surface area contributed by atoms with Crippen molar-refractivity contribution < 1.29 is 4.79 Å². The van der Waals surface area contributed by atoms with Crippen molar-refractivity contribution in [3.8, 4) is 0 Å². The Morgan fingerprint density at radius 1 is 1.27 bits per heavy atom. The summed E-state index contributed by atoms with van der Waals surface area (Å²) in [4.78, 5) is 32.1. The predicted molar refractivity (Wildman–Crippen MR) is 109 cm³/mol. The minimum atomic E-state index is -0.368. The molecule has 5 nitrogen and oxygen atoms in total. The molecular weight excluding hydrogens is 366 g/mol. The third kappa shape index (κ3) is 3.56. The summed E-state index contributed by atoms with van der Waals surface area (Å²) in [6.07, 6.45) is 7.01. The number of hydrogen-bond acceptors (Lipinski definition) is 5. The molecule has 0 bridgehead atoms. The Kier molecular flexibility index (Phi) is 6.07. The zero-order chi connectivity index (χ0) is 18.8. The maximum Gasteiger partial charge on any atom is 0.263 e. The molecule has 0 fully saturated rings. The van der Waals surface area contributed by atoms with Gasteiger partial charge in [-0.05, 0) is 51.0 Å². The van der Waals surface area contributed by atoms with Crippen LogP contribution in [0.3, 0.4) is 0 Å². The van der Waals surface area contributed by atoms with Crippen molar-refractivity contribution >= 4 is 39.2 Å². The van der Waals surface area contributed by atoms with Crippen LogP contribution in [0.5, 0.6) is 0 Å². The minimum absolute atomic E-state index is 0.0358. The Bertz CT molecular complexity index is 872. The summed E-state index contributed by atoms with van der Waals surface area (Å²) >= 11 is 2.99. The molecule has 2 N–H and O–H groups in total. The second-order valence-electron chi connectivity index (χ2n) is 6.99. The van der Waals surface area contributed by atoms with Crippen LogP contribution in [0.25, 0.3) is 10.2 Å². The second-order valence-corrected chi connectivity index (χ2v) is 9.24. The van der Waals surface area contributed by atoms with Crippen molar-refractivity contribution in [2.24, 2.45) is 5.73 Å². The number of fused-ring (bicyclic) bond motifs is 3. The summed E-state index contributed by atoms with van der Waals surface area (Å²) in [6.45, 7) is 6.03. The summed E-state index contributed by atoms with van der Waals surface area (Å²) in [5.41, 5.74) is 6.79. The Labute approximate surface area is 162 Å². The molecule has 142 valence electrons. The van der Waals surface area contributed by atoms with Gasteiger partial charge in [0.1, 0.15) is 4.83 Å². The van der Waals surface area contributed by atoms with Gasteiger partial charge in [0.05, 0.1) is 10.6 Å². The fraction of sp³-hybridized carbons (Fsp3) is 0.632. The second kappa shape index (κ2) is 8.13. The molecule has 1 aliphatic carbocycles. The van der Waals surface area contributed by atoms with Crippen LogP contribution in [0.15, 0.2) is 9.95 Å². The van der Waals surface area contributed by atoms with Crippen molar-refractivity contribution in [2.45, 2.75) is 82.2 Å². The van der Waals surface area contributed by atoms with Crippen molar-refractivity contribution in [2.75, 3.05) is 0 Å². The van der Waals surface area contributed by atoms with Crippen LogP contribution < -0.4 is 11.3 Å². The highest BCUT2D eigenvalue weighted by atomic mass is 32.2. The molecule has 0 unspecified atom stereocenters. The van der Waals surface area contributed by atoms with E-state index in [0.717, 1.165) is 35.9 Å². The van der Waals surface area contributed by atoms with Gasteiger partial charge in [-0.1, -0.05) is 32.0 Å². The zero-order valence-electron chi connectivity index (χ0n) is 15.7. The van der Waals surface area contributed by atoms with E-state index in [1.165, 1.54) is 35.0 Å². The fourth-order valence-electron chi connectivity index (χ4n) is 3.50. The van der Waals surface area contributed by atoms with Crippen LogP contribution in [0.2, 0.25) is 0 Å². The van der Waals surface area contributed by atoms with Crippen molar-refractivity contribution in [1.29, 1.82) is 0 Å². The van der Waals surface area contributed by atoms with Crippen LogP contribution in [0.4, 0.5) is 0 Å². The number of nitrogens with zero attached hydrogens (tertiary/aromatic N) is 2. The van der Waals surface area contributed by atoms with Crippen molar-refractivity contribution in [3.05, 3.63) is 20.8 Å². The lowest BCUT2D eigenvalue weighted by Crippen LogP contribution is -2.29. The number of primary amides is 1. The lowest BCUT2D eigenvalue weighted by molar-refractivity contribution is -0.117. The van der Waals surface area contributed by atoms with Gasteiger partial charge in [-0.3, -0.25) is 14.2 Å². The average Bonchev–Trinajstić information content (AvgIpc) is 2.80. The molecule has 0 radical (unpaired) electrons. The number of nitrogens with two attached hydrogens (primary N) is 1. The lowest BCUT2D eigenvalue weighted by atomic mass is 10.1. The third-order valence-corrected chi connectivity index (χ3v) is 7.74. The standard InChI is InChI=1S/C19H27N3O2S2/c1-4-11(3)22-18(24)15-12-9-7-6-8-10-14(12)25-17(15)21-19(22)26-13(5-2)16(20)23/h11,13H,4-10H2,1-3H3,(H2,20,23)/t11-,13-/m1/s1. The summed E-state index contributed by atoms with van der Waals surface area (Å²) in [5.74, 6) is -0.357. The van der Waals surface area contributed by atoms with Gasteiger partial charge in [0.2, 0.25) is 5.91 Å². The maximum atomic E-state index is 13.4. The van der Waals surface area contributed by atoms with Crippen LogP contribution in [-0.4, -0.2) is 20.7 Å². The van der Waals surface area contributed by atoms with Gasteiger partial charge in [0, 0.05) is 10.9 Å². The smallest absolute Gasteiger partial charge is 0.263 e. The zero-order valence-corrected chi connectivity index (χ0v) is 17.3.